The molecular weight excluding hydrogens is 394 g/mol. The maximum atomic E-state index is 11.6. The molecule has 2 saturated carbocycles. The van der Waals surface area contributed by atoms with Crippen molar-refractivity contribution in [1.29, 1.82) is 0 Å². The van der Waals surface area contributed by atoms with E-state index in [1.807, 2.05) is 25.1 Å². The number of aryl methyl sites for hydroxylation is 1. The number of benzene rings is 1. The Morgan fingerprint density at radius 3 is 2.55 bits per heavy atom. The standard InChI is InChI=1S/C25H33NO5/c1-17-7-5-10-19(23(17)25(27)28)14-29-21-11-6-12-22(13-21)30-15-20-16-31-24(26-20)18-8-3-2-4-9-18/h5,7,10,16,18,21-22H,2-4,6,8-9,11-15H2,1H3,(H,27,28)/t21?,22-/m0/s1. The van der Waals surface area contributed by atoms with Crippen LogP contribution in [0.4, 0.5) is 0 Å². The number of aromatic carboxylic acids is 1. The van der Waals surface area contributed by atoms with Gasteiger partial charge in [-0.1, -0.05) is 37.5 Å². The third kappa shape index (κ3) is 5.74. The minimum absolute atomic E-state index is 0.0796. The van der Waals surface area contributed by atoms with Crippen LogP contribution in [-0.4, -0.2) is 28.3 Å². The van der Waals surface area contributed by atoms with E-state index in [2.05, 4.69) is 4.98 Å². The van der Waals surface area contributed by atoms with E-state index in [4.69, 9.17) is 13.9 Å². The Morgan fingerprint density at radius 2 is 1.81 bits per heavy atom. The summed E-state index contributed by atoms with van der Waals surface area (Å²) < 4.78 is 18.0. The number of carboxylic acid groups (broad SMARTS) is 1. The number of oxazole rings is 1. The third-order valence-electron chi connectivity index (χ3n) is 6.62. The van der Waals surface area contributed by atoms with Crippen molar-refractivity contribution in [3.8, 4) is 0 Å². The maximum absolute atomic E-state index is 11.6. The fourth-order valence-corrected chi connectivity index (χ4v) is 4.90. The van der Waals surface area contributed by atoms with Crippen LogP contribution in [0.3, 0.4) is 0 Å². The monoisotopic (exact) mass is 427 g/mol. The summed E-state index contributed by atoms with van der Waals surface area (Å²) in [4.78, 5) is 16.2. The van der Waals surface area contributed by atoms with Crippen LogP contribution in [0.5, 0.6) is 0 Å². The number of carboxylic acids is 1. The van der Waals surface area contributed by atoms with Gasteiger partial charge in [-0.15, -0.1) is 0 Å². The van der Waals surface area contributed by atoms with E-state index in [1.165, 1.54) is 32.1 Å². The quantitative estimate of drug-likeness (QED) is 0.576. The lowest BCUT2D eigenvalue weighted by Crippen LogP contribution is -2.28. The first-order chi connectivity index (χ1) is 15.1. The molecule has 1 N–H and O–H groups in total. The van der Waals surface area contributed by atoms with Crippen molar-refractivity contribution in [1.82, 2.24) is 4.98 Å². The molecule has 31 heavy (non-hydrogen) atoms. The minimum atomic E-state index is -0.901. The summed E-state index contributed by atoms with van der Waals surface area (Å²) in [6.07, 6.45) is 12.0. The van der Waals surface area contributed by atoms with E-state index in [0.717, 1.165) is 48.4 Å². The van der Waals surface area contributed by atoms with Crippen molar-refractivity contribution in [3.05, 3.63) is 52.7 Å². The van der Waals surface area contributed by atoms with Gasteiger partial charge in [0.2, 0.25) is 0 Å². The van der Waals surface area contributed by atoms with Gasteiger partial charge in [-0.3, -0.25) is 0 Å². The van der Waals surface area contributed by atoms with E-state index in [0.29, 0.717) is 24.7 Å². The van der Waals surface area contributed by atoms with Gasteiger partial charge >= 0.3 is 5.97 Å². The molecule has 2 aliphatic carbocycles. The van der Waals surface area contributed by atoms with Crippen LogP contribution in [0.2, 0.25) is 0 Å². The Hall–Kier alpha value is -2.18. The highest BCUT2D eigenvalue weighted by Gasteiger charge is 2.25. The second-order valence-electron chi connectivity index (χ2n) is 8.96. The molecule has 6 nitrogen and oxygen atoms in total. The fraction of sp³-hybridized carbons (Fsp3) is 0.600. The Kier molecular flexibility index (Phi) is 7.41. The lowest BCUT2D eigenvalue weighted by Gasteiger charge is -2.29. The van der Waals surface area contributed by atoms with Crippen molar-refractivity contribution in [2.45, 2.75) is 96.1 Å². The number of hydrogen-bond donors (Lipinski definition) is 1. The van der Waals surface area contributed by atoms with Crippen LogP contribution in [0.15, 0.2) is 28.9 Å². The zero-order valence-electron chi connectivity index (χ0n) is 18.3. The summed E-state index contributed by atoms with van der Waals surface area (Å²) in [7, 11) is 0. The molecule has 1 unspecified atom stereocenters. The molecule has 0 saturated heterocycles. The number of ether oxygens (including phenoxy) is 2. The molecule has 2 aliphatic rings. The molecule has 1 aromatic heterocycles. The predicted octanol–water partition coefficient (Wildman–Crippen LogP) is 5.77. The van der Waals surface area contributed by atoms with Gasteiger partial charge in [0.25, 0.3) is 0 Å². The molecule has 2 fully saturated rings. The smallest absolute Gasteiger partial charge is 0.336 e. The molecule has 0 amide bonds. The van der Waals surface area contributed by atoms with E-state index in [-0.39, 0.29) is 12.2 Å². The summed E-state index contributed by atoms with van der Waals surface area (Å²) in [5.74, 6) is 0.435. The second-order valence-corrected chi connectivity index (χ2v) is 8.96. The highest BCUT2D eigenvalue weighted by atomic mass is 16.5. The molecule has 0 aliphatic heterocycles. The van der Waals surface area contributed by atoms with Gasteiger partial charge in [-0.25, -0.2) is 9.78 Å². The first-order valence-electron chi connectivity index (χ1n) is 11.6. The van der Waals surface area contributed by atoms with Crippen LogP contribution in [0, 0.1) is 6.92 Å². The van der Waals surface area contributed by atoms with Crippen LogP contribution < -0.4 is 0 Å². The lowest BCUT2D eigenvalue weighted by atomic mass is 9.89. The zero-order chi connectivity index (χ0) is 21.6. The molecule has 1 aromatic carbocycles. The van der Waals surface area contributed by atoms with Crippen molar-refractivity contribution in [2.24, 2.45) is 0 Å². The Morgan fingerprint density at radius 1 is 1.06 bits per heavy atom. The number of aromatic nitrogens is 1. The number of hydrogen-bond acceptors (Lipinski definition) is 5. The topological polar surface area (TPSA) is 81.8 Å². The number of nitrogens with zero attached hydrogens (tertiary/aromatic N) is 1. The third-order valence-corrected chi connectivity index (χ3v) is 6.62. The zero-order valence-corrected chi connectivity index (χ0v) is 18.3. The van der Waals surface area contributed by atoms with Gasteiger partial charge in [-0.05, 0) is 56.6 Å². The molecular formula is C25H33NO5. The Labute approximate surface area is 184 Å². The Bertz CT molecular complexity index is 871. The maximum Gasteiger partial charge on any atom is 0.336 e. The van der Waals surface area contributed by atoms with Gasteiger partial charge in [0.1, 0.15) is 12.0 Å². The average molecular weight is 428 g/mol. The highest BCUT2D eigenvalue weighted by Crippen LogP contribution is 2.32. The van der Waals surface area contributed by atoms with Gasteiger partial charge in [0, 0.05) is 5.92 Å². The summed E-state index contributed by atoms with van der Waals surface area (Å²) >= 11 is 0. The Balaban J connectivity index is 1.26. The van der Waals surface area contributed by atoms with E-state index >= 15 is 0 Å². The first kappa shape index (κ1) is 22.0. The highest BCUT2D eigenvalue weighted by molar-refractivity contribution is 5.91. The summed E-state index contributed by atoms with van der Waals surface area (Å²) in [6.45, 7) is 2.60. The predicted molar refractivity (Wildman–Crippen MR) is 116 cm³/mol. The van der Waals surface area contributed by atoms with Gasteiger partial charge in [-0.2, -0.15) is 0 Å². The fourth-order valence-electron chi connectivity index (χ4n) is 4.90. The molecule has 1 heterocycles. The SMILES string of the molecule is Cc1cccc(COC2CCC[C@H](OCc3coc(C4CCCCC4)n3)C2)c1C(=O)O. The average Bonchev–Trinajstić information content (AvgIpc) is 3.26. The minimum Gasteiger partial charge on any atom is -0.478 e. The molecule has 2 atom stereocenters. The van der Waals surface area contributed by atoms with Crippen LogP contribution in [-0.2, 0) is 22.7 Å². The van der Waals surface area contributed by atoms with Gasteiger partial charge < -0.3 is 19.0 Å². The van der Waals surface area contributed by atoms with E-state index in [9.17, 15) is 9.90 Å². The lowest BCUT2D eigenvalue weighted by molar-refractivity contribution is -0.0563. The van der Waals surface area contributed by atoms with Gasteiger partial charge in [0.05, 0.1) is 31.0 Å². The van der Waals surface area contributed by atoms with Crippen molar-refractivity contribution in [2.75, 3.05) is 0 Å². The summed E-state index contributed by atoms with van der Waals surface area (Å²) in [6, 6.07) is 5.54. The van der Waals surface area contributed by atoms with Crippen LogP contribution >= 0.6 is 0 Å². The largest absolute Gasteiger partial charge is 0.478 e. The van der Waals surface area contributed by atoms with E-state index < -0.39 is 5.97 Å². The van der Waals surface area contributed by atoms with Gasteiger partial charge in [0.15, 0.2) is 5.89 Å². The van der Waals surface area contributed by atoms with Crippen molar-refractivity contribution < 1.29 is 23.8 Å². The summed E-state index contributed by atoms with van der Waals surface area (Å²) in [5.41, 5.74) is 2.72. The molecule has 2 aromatic rings. The van der Waals surface area contributed by atoms with Crippen LogP contribution in [0.1, 0.15) is 96.8 Å². The molecule has 6 heteroatoms. The first-order valence-corrected chi connectivity index (χ1v) is 11.6. The molecule has 0 spiro atoms. The van der Waals surface area contributed by atoms with Crippen LogP contribution in [0.25, 0.3) is 0 Å². The summed E-state index contributed by atoms with van der Waals surface area (Å²) in [5, 5.41) is 9.50. The molecule has 168 valence electrons. The second kappa shape index (κ2) is 10.4. The molecule has 0 bridgehead atoms. The van der Waals surface area contributed by atoms with Crippen molar-refractivity contribution >= 4 is 5.97 Å². The number of carbonyl (C=O) groups is 1. The van der Waals surface area contributed by atoms with Crippen molar-refractivity contribution in [3.63, 3.8) is 0 Å². The van der Waals surface area contributed by atoms with E-state index in [1.54, 1.807) is 6.26 Å². The molecule has 0 radical (unpaired) electrons. The normalized spacial score (nSPS) is 22.5. The number of rotatable bonds is 8. The molecule has 4 rings (SSSR count).